The molecule has 0 radical (unpaired) electrons. The maximum absolute atomic E-state index is 12.8. The smallest absolute Gasteiger partial charge is 0.316 e. The fourth-order valence-corrected chi connectivity index (χ4v) is 3.43. The van der Waals surface area contributed by atoms with Gasteiger partial charge in [-0.05, 0) is 27.8 Å². The number of aromatic nitrogens is 2. The SMILES string of the molecule is CCOC(=O)C1c2nc(-c3ccccc3)[nH]c(=O)c2C(C)N(C)C1C. The first-order chi connectivity index (χ1) is 12.0. The molecule has 3 atom stereocenters. The molecule has 0 aliphatic carbocycles. The number of carbonyl (C=O) groups is 1. The van der Waals surface area contributed by atoms with Crippen molar-refractivity contribution in [2.24, 2.45) is 0 Å². The fourth-order valence-electron chi connectivity index (χ4n) is 3.43. The van der Waals surface area contributed by atoms with E-state index in [0.717, 1.165) is 5.56 Å². The van der Waals surface area contributed by atoms with Crippen LogP contribution in [-0.2, 0) is 9.53 Å². The maximum atomic E-state index is 12.8. The molecule has 1 aliphatic heterocycles. The van der Waals surface area contributed by atoms with Gasteiger partial charge in [-0.2, -0.15) is 0 Å². The van der Waals surface area contributed by atoms with Crippen LogP contribution in [0.4, 0.5) is 0 Å². The summed E-state index contributed by atoms with van der Waals surface area (Å²) < 4.78 is 5.26. The van der Waals surface area contributed by atoms with Gasteiger partial charge in [0.15, 0.2) is 0 Å². The second-order valence-corrected chi connectivity index (χ2v) is 6.39. The third-order valence-electron chi connectivity index (χ3n) is 5.02. The van der Waals surface area contributed by atoms with Crippen LogP contribution in [0.1, 0.15) is 44.0 Å². The molecule has 0 spiro atoms. The summed E-state index contributed by atoms with van der Waals surface area (Å²) in [6, 6.07) is 9.20. The number of esters is 1. The van der Waals surface area contributed by atoms with Crippen molar-refractivity contribution in [3.8, 4) is 11.4 Å². The number of rotatable bonds is 3. The Bertz CT molecular complexity index is 832. The van der Waals surface area contributed by atoms with Crippen molar-refractivity contribution in [1.82, 2.24) is 14.9 Å². The summed E-state index contributed by atoms with van der Waals surface area (Å²) in [6.07, 6.45) is 0. The number of hydrogen-bond donors (Lipinski definition) is 1. The van der Waals surface area contributed by atoms with E-state index in [1.165, 1.54) is 0 Å². The third kappa shape index (κ3) is 2.98. The molecule has 3 rings (SSSR count). The lowest BCUT2D eigenvalue weighted by molar-refractivity contribution is -0.147. The summed E-state index contributed by atoms with van der Waals surface area (Å²) in [5.41, 5.74) is 1.67. The Labute approximate surface area is 146 Å². The lowest BCUT2D eigenvalue weighted by atomic mass is 9.85. The number of hydrogen-bond acceptors (Lipinski definition) is 5. The number of H-pyrrole nitrogens is 1. The normalized spacial score (nSPS) is 23.1. The van der Waals surface area contributed by atoms with E-state index >= 15 is 0 Å². The van der Waals surface area contributed by atoms with Crippen LogP contribution in [0.5, 0.6) is 0 Å². The molecular formula is C19H23N3O3. The summed E-state index contributed by atoms with van der Waals surface area (Å²) in [5, 5.41) is 0. The Hall–Kier alpha value is -2.47. The van der Waals surface area contributed by atoms with Gasteiger partial charge in [0.2, 0.25) is 0 Å². The summed E-state index contributed by atoms with van der Waals surface area (Å²) in [4.78, 5) is 34.9. The number of carbonyl (C=O) groups excluding carboxylic acids is 1. The Morgan fingerprint density at radius 1 is 1.28 bits per heavy atom. The van der Waals surface area contributed by atoms with Crippen molar-refractivity contribution in [3.05, 3.63) is 51.9 Å². The predicted octanol–water partition coefficient (Wildman–Crippen LogP) is 2.48. The molecule has 0 saturated heterocycles. The molecule has 6 heteroatoms. The van der Waals surface area contributed by atoms with Gasteiger partial charge in [-0.15, -0.1) is 0 Å². The van der Waals surface area contributed by atoms with Crippen LogP contribution in [0.25, 0.3) is 11.4 Å². The highest BCUT2D eigenvalue weighted by molar-refractivity contribution is 5.79. The van der Waals surface area contributed by atoms with E-state index in [-0.39, 0.29) is 23.6 Å². The first-order valence-corrected chi connectivity index (χ1v) is 8.53. The minimum atomic E-state index is -0.582. The summed E-state index contributed by atoms with van der Waals surface area (Å²) >= 11 is 0. The van der Waals surface area contributed by atoms with Crippen molar-refractivity contribution in [1.29, 1.82) is 0 Å². The van der Waals surface area contributed by atoms with Crippen molar-refractivity contribution < 1.29 is 9.53 Å². The van der Waals surface area contributed by atoms with Crippen LogP contribution in [-0.4, -0.2) is 40.5 Å². The second kappa shape index (κ2) is 6.80. The topological polar surface area (TPSA) is 75.3 Å². The van der Waals surface area contributed by atoms with Gasteiger partial charge in [-0.1, -0.05) is 30.3 Å². The van der Waals surface area contributed by atoms with Gasteiger partial charge in [-0.3, -0.25) is 14.5 Å². The number of fused-ring (bicyclic) bond motifs is 1. The van der Waals surface area contributed by atoms with Gasteiger partial charge in [0.1, 0.15) is 11.7 Å². The van der Waals surface area contributed by atoms with Crippen molar-refractivity contribution in [2.75, 3.05) is 13.7 Å². The number of nitrogens with one attached hydrogen (secondary N) is 1. The molecule has 6 nitrogen and oxygen atoms in total. The van der Waals surface area contributed by atoms with Gasteiger partial charge in [0.25, 0.3) is 5.56 Å². The van der Waals surface area contributed by atoms with Crippen LogP contribution in [0.2, 0.25) is 0 Å². The van der Waals surface area contributed by atoms with Crippen LogP contribution >= 0.6 is 0 Å². The molecule has 3 unspecified atom stereocenters. The van der Waals surface area contributed by atoms with E-state index in [9.17, 15) is 9.59 Å². The van der Waals surface area contributed by atoms with Crippen molar-refractivity contribution in [3.63, 3.8) is 0 Å². The van der Waals surface area contributed by atoms with Crippen LogP contribution in [0.3, 0.4) is 0 Å². The number of nitrogens with zero attached hydrogens (tertiary/aromatic N) is 2. The third-order valence-corrected chi connectivity index (χ3v) is 5.02. The Kier molecular flexibility index (Phi) is 4.72. The van der Waals surface area contributed by atoms with Crippen molar-refractivity contribution >= 4 is 5.97 Å². The van der Waals surface area contributed by atoms with Crippen LogP contribution < -0.4 is 5.56 Å². The Balaban J connectivity index is 2.20. The van der Waals surface area contributed by atoms with E-state index in [1.807, 2.05) is 56.1 Å². The van der Waals surface area contributed by atoms with E-state index in [4.69, 9.17) is 4.74 Å². The van der Waals surface area contributed by atoms with E-state index in [1.54, 1.807) is 6.92 Å². The highest BCUT2D eigenvalue weighted by Crippen LogP contribution is 2.37. The molecule has 0 bridgehead atoms. The fraction of sp³-hybridized carbons (Fsp3) is 0.421. The Morgan fingerprint density at radius 2 is 1.96 bits per heavy atom. The molecular weight excluding hydrogens is 318 g/mol. The number of aromatic amines is 1. The summed E-state index contributed by atoms with van der Waals surface area (Å²) in [6.45, 7) is 5.99. The lowest BCUT2D eigenvalue weighted by Crippen LogP contribution is -2.47. The van der Waals surface area contributed by atoms with Crippen molar-refractivity contribution in [2.45, 2.75) is 38.8 Å². The van der Waals surface area contributed by atoms with E-state index < -0.39 is 5.92 Å². The number of ether oxygens (including phenoxy) is 1. The zero-order valence-corrected chi connectivity index (χ0v) is 14.9. The molecule has 1 aromatic carbocycles. The van der Waals surface area contributed by atoms with E-state index in [2.05, 4.69) is 9.97 Å². The largest absolute Gasteiger partial charge is 0.465 e. The molecule has 0 amide bonds. The lowest BCUT2D eigenvalue weighted by Gasteiger charge is -2.40. The zero-order chi connectivity index (χ0) is 18.1. The molecule has 0 saturated carbocycles. The molecule has 1 aliphatic rings. The molecule has 1 N–H and O–H groups in total. The Morgan fingerprint density at radius 3 is 2.60 bits per heavy atom. The number of benzene rings is 1. The predicted molar refractivity (Wildman–Crippen MR) is 95.3 cm³/mol. The molecule has 2 heterocycles. The second-order valence-electron chi connectivity index (χ2n) is 6.39. The average Bonchev–Trinajstić information content (AvgIpc) is 2.60. The zero-order valence-electron chi connectivity index (χ0n) is 14.9. The highest BCUT2D eigenvalue weighted by atomic mass is 16.5. The molecule has 1 aromatic heterocycles. The van der Waals surface area contributed by atoms with Gasteiger partial charge in [-0.25, -0.2) is 4.98 Å². The quantitative estimate of drug-likeness (QED) is 0.868. The minimum Gasteiger partial charge on any atom is -0.465 e. The standard InChI is InChI=1S/C19H23N3O3/c1-5-25-19(24)15-12(3)22(4)11(2)14-16(15)20-17(21-18(14)23)13-9-7-6-8-10-13/h6-12,15H,5H2,1-4H3,(H,20,21,23). The summed E-state index contributed by atoms with van der Waals surface area (Å²) in [5.74, 6) is -0.448. The highest BCUT2D eigenvalue weighted by Gasteiger charge is 2.42. The number of likely N-dealkylation sites (N-methyl/N-ethyl adjacent to an activating group) is 1. The monoisotopic (exact) mass is 341 g/mol. The molecule has 132 valence electrons. The van der Waals surface area contributed by atoms with Crippen LogP contribution in [0.15, 0.2) is 35.1 Å². The van der Waals surface area contributed by atoms with E-state index in [0.29, 0.717) is 23.7 Å². The van der Waals surface area contributed by atoms with Gasteiger partial charge in [0, 0.05) is 17.6 Å². The molecule has 0 fully saturated rings. The maximum Gasteiger partial charge on any atom is 0.316 e. The molecule has 2 aromatic rings. The first-order valence-electron chi connectivity index (χ1n) is 8.53. The minimum absolute atomic E-state index is 0.112. The first kappa shape index (κ1) is 17.4. The van der Waals surface area contributed by atoms with Gasteiger partial charge in [0.05, 0.1) is 17.9 Å². The van der Waals surface area contributed by atoms with Gasteiger partial charge >= 0.3 is 5.97 Å². The van der Waals surface area contributed by atoms with Crippen LogP contribution in [0, 0.1) is 0 Å². The molecule has 25 heavy (non-hydrogen) atoms. The average molecular weight is 341 g/mol. The van der Waals surface area contributed by atoms with Gasteiger partial charge < -0.3 is 9.72 Å². The summed E-state index contributed by atoms with van der Waals surface area (Å²) in [7, 11) is 1.91.